The minimum atomic E-state index is -0.533. The first-order chi connectivity index (χ1) is 14.7. The molecule has 1 N–H and O–H groups in total. The lowest BCUT2D eigenvalue weighted by Gasteiger charge is -2.09. The average Bonchev–Trinajstić information content (AvgIpc) is 3.25. The van der Waals surface area contributed by atoms with Crippen molar-refractivity contribution in [1.29, 1.82) is 0 Å². The van der Waals surface area contributed by atoms with Crippen LogP contribution in [0.3, 0.4) is 0 Å². The van der Waals surface area contributed by atoms with Crippen molar-refractivity contribution in [2.45, 2.75) is 25.9 Å². The number of carbonyl (C=O) groups excluding carboxylic acids is 2. The normalized spacial score (nSPS) is 12.1. The van der Waals surface area contributed by atoms with E-state index in [1.807, 2.05) is 60.7 Å². The lowest BCUT2D eigenvalue weighted by Crippen LogP contribution is -2.21. The second-order valence-corrected chi connectivity index (χ2v) is 7.26. The first-order valence-corrected chi connectivity index (χ1v) is 10.0. The van der Waals surface area contributed by atoms with Crippen molar-refractivity contribution in [1.82, 2.24) is 0 Å². The molecule has 152 valence electrons. The summed E-state index contributed by atoms with van der Waals surface area (Å²) < 4.78 is 10.8. The van der Waals surface area contributed by atoms with Crippen LogP contribution in [-0.2, 0) is 29.0 Å². The highest BCUT2D eigenvalue weighted by atomic mass is 16.5. The standard InChI is InChI=1S/C25H23NO4/c27-24(26-22-14-13-19-5-4-6-21(19)15-22)17-30-25(28)20-11-9-18(10-12-20)16-29-23-7-2-1-3-8-23/h1-3,7-15H,4-6,16-17H2,(H,26,27). The maximum Gasteiger partial charge on any atom is 0.338 e. The van der Waals surface area contributed by atoms with Crippen LogP contribution in [0.2, 0.25) is 0 Å². The summed E-state index contributed by atoms with van der Waals surface area (Å²) in [5.41, 5.74) is 4.69. The summed E-state index contributed by atoms with van der Waals surface area (Å²) in [7, 11) is 0. The second-order valence-electron chi connectivity index (χ2n) is 7.26. The van der Waals surface area contributed by atoms with E-state index in [2.05, 4.69) is 5.32 Å². The number of rotatable bonds is 7. The van der Waals surface area contributed by atoms with Crippen molar-refractivity contribution < 1.29 is 19.1 Å². The number of benzene rings is 3. The zero-order valence-electron chi connectivity index (χ0n) is 16.6. The second kappa shape index (κ2) is 9.27. The Morgan fingerprint density at radius 3 is 2.43 bits per heavy atom. The van der Waals surface area contributed by atoms with Gasteiger partial charge in [-0.2, -0.15) is 0 Å². The van der Waals surface area contributed by atoms with Gasteiger partial charge in [-0.1, -0.05) is 36.4 Å². The van der Waals surface area contributed by atoms with Crippen molar-refractivity contribution in [3.63, 3.8) is 0 Å². The Bertz CT molecular complexity index is 1030. The van der Waals surface area contributed by atoms with E-state index in [0.717, 1.165) is 36.3 Å². The quantitative estimate of drug-likeness (QED) is 0.590. The molecule has 0 saturated carbocycles. The van der Waals surface area contributed by atoms with Crippen LogP contribution in [-0.4, -0.2) is 18.5 Å². The maximum atomic E-state index is 12.2. The molecule has 4 rings (SSSR count). The molecule has 0 saturated heterocycles. The maximum absolute atomic E-state index is 12.2. The van der Waals surface area contributed by atoms with E-state index in [1.165, 1.54) is 11.1 Å². The molecule has 0 heterocycles. The number of anilines is 1. The van der Waals surface area contributed by atoms with E-state index < -0.39 is 5.97 Å². The first kappa shape index (κ1) is 19.7. The van der Waals surface area contributed by atoms with Gasteiger partial charge in [0.2, 0.25) is 0 Å². The molecule has 0 bridgehead atoms. The van der Waals surface area contributed by atoms with Crippen LogP contribution in [0.25, 0.3) is 0 Å². The van der Waals surface area contributed by atoms with Crippen LogP contribution in [0.15, 0.2) is 72.8 Å². The minimum Gasteiger partial charge on any atom is -0.489 e. The molecule has 1 aliphatic carbocycles. The number of hydrogen-bond donors (Lipinski definition) is 1. The van der Waals surface area contributed by atoms with Gasteiger partial charge in [0, 0.05) is 5.69 Å². The minimum absolute atomic E-state index is 0.325. The number of nitrogens with one attached hydrogen (secondary N) is 1. The Labute approximate surface area is 175 Å². The largest absolute Gasteiger partial charge is 0.489 e. The van der Waals surface area contributed by atoms with Crippen LogP contribution in [0.1, 0.15) is 33.5 Å². The molecule has 1 amide bonds. The van der Waals surface area contributed by atoms with Crippen molar-refractivity contribution >= 4 is 17.6 Å². The van der Waals surface area contributed by atoms with Gasteiger partial charge in [0.15, 0.2) is 6.61 Å². The number of fused-ring (bicyclic) bond motifs is 1. The van der Waals surface area contributed by atoms with Gasteiger partial charge in [-0.05, 0) is 72.4 Å². The van der Waals surface area contributed by atoms with Gasteiger partial charge in [-0.25, -0.2) is 4.79 Å². The SMILES string of the molecule is O=C(COC(=O)c1ccc(COc2ccccc2)cc1)Nc1ccc2c(c1)CCC2. The predicted molar refractivity (Wildman–Crippen MR) is 115 cm³/mol. The van der Waals surface area contributed by atoms with Gasteiger partial charge in [0.05, 0.1) is 5.56 Å². The van der Waals surface area contributed by atoms with Crippen molar-refractivity contribution in [3.8, 4) is 5.75 Å². The molecule has 1 aliphatic rings. The molecule has 0 atom stereocenters. The molecule has 0 aliphatic heterocycles. The number of ether oxygens (including phenoxy) is 2. The number of hydrogen-bond acceptors (Lipinski definition) is 4. The van der Waals surface area contributed by atoms with E-state index in [1.54, 1.807) is 12.1 Å². The number of aryl methyl sites for hydroxylation is 2. The van der Waals surface area contributed by atoms with Gasteiger partial charge in [-0.3, -0.25) is 4.79 Å². The van der Waals surface area contributed by atoms with Crippen LogP contribution in [0, 0.1) is 0 Å². The molecular formula is C25H23NO4. The Morgan fingerprint density at radius 1 is 0.867 bits per heavy atom. The summed E-state index contributed by atoms with van der Waals surface area (Å²) >= 11 is 0. The molecule has 3 aromatic carbocycles. The fourth-order valence-electron chi connectivity index (χ4n) is 3.48. The number of amides is 1. The van der Waals surface area contributed by atoms with Crippen LogP contribution >= 0.6 is 0 Å². The molecule has 0 unspecified atom stereocenters. The Balaban J connectivity index is 1.25. The van der Waals surface area contributed by atoms with Gasteiger partial charge in [0.1, 0.15) is 12.4 Å². The summed E-state index contributed by atoms with van der Waals surface area (Å²) in [5.74, 6) is -0.0980. The third kappa shape index (κ3) is 5.06. The summed E-state index contributed by atoms with van der Waals surface area (Å²) in [4.78, 5) is 24.3. The smallest absolute Gasteiger partial charge is 0.338 e. The van der Waals surface area contributed by atoms with E-state index >= 15 is 0 Å². The van der Waals surface area contributed by atoms with Crippen molar-refractivity contribution in [2.24, 2.45) is 0 Å². The zero-order valence-corrected chi connectivity index (χ0v) is 16.6. The predicted octanol–water partition coefficient (Wildman–Crippen LogP) is 4.55. The van der Waals surface area contributed by atoms with Gasteiger partial charge in [0.25, 0.3) is 5.91 Å². The number of carbonyl (C=O) groups is 2. The Morgan fingerprint density at radius 2 is 1.63 bits per heavy atom. The highest BCUT2D eigenvalue weighted by molar-refractivity contribution is 5.95. The Kier molecular flexibility index (Phi) is 6.09. The number of para-hydroxylation sites is 1. The summed E-state index contributed by atoms with van der Waals surface area (Å²) in [6.45, 7) is 0.0807. The Hall–Kier alpha value is -3.60. The first-order valence-electron chi connectivity index (χ1n) is 10.0. The van der Waals surface area contributed by atoms with E-state index in [-0.39, 0.29) is 12.5 Å². The molecule has 0 fully saturated rings. The topological polar surface area (TPSA) is 64.6 Å². The fraction of sp³-hybridized carbons (Fsp3) is 0.200. The fourth-order valence-corrected chi connectivity index (χ4v) is 3.48. The molecule has 0 spiro atoms. The van der Waals surface area contributed by atoms with Gasteiger partial charge >= 0.3 is 5.97 Å². The van der Waals surface area contributed by atoms with Crippen LogP contribution in [0.4, 0.5) is 5.69 Å². The summed E-state index contributed by atoms with van der Waals surface area (Å²) in [6, 6.07) is 22.4. The summed E-state index contributed by atoms with van der Waals surface area (Å²) in [5, 5.41) is 2.79. The van der Waals surface area contributed by atoms with Gasteiger partial charge in [-0.15, -0.1) is 0 Å². The molecular weight excluding hydrogens is 378 g/mol. The molecule has 5 heteroatoms. The van der Waals surface area contributed by atoms with Gasteiger partial charge < -0.3 is 14.8 Å². The van der Waals surface area contributed by atoms with E-state index in [4.69, 9.17) is 9.47 Å². The van der Waals surface area contributed by atoms with Crippen LogP contribution in [0.5, 0.6) is 5.75 Å². The lowest BCUT2D eigenvalue weighted by atomic mass is 10.1. The molecule has 0 radical (unpaired) electrons. The van der Waals surface area contributed by atoms with E-state index in [9.17, 15) is 9.59 Å². The zero-order chi connectivity index (χ0) is 20.8. The molecule has 0 aromatic heterocycles. The molecule has 30 heavy (non-hydrogen) atoms. The molecule has 5 nitrogen and oxygen atoms in total. The highest BCUT2D eigenvalue weighted by Crippen LogP contribution is 2.24. The summed E-state index contributed by atoms with van der Waals surface area (Å²) in [6.07, 6.45) is 3.29. The third-order valence-electron chi connectivity index (χ3n) is 5.05. The average molecular weight is 401 g/mol. The monoisotopic (exact) mass is 401 g/mol. The third-order valence-corrected chi connectivity index (χ3v) is 5.05. The molecule has 3 aromatic rings. The number of esters is 1. The van der Waals surface area contributed by atoms with E-state index in [0.29, 0.717) is 12.2 Å². The van der Waals surface area contributed by atoms with Crippen molar-refractivity contribution in [2.75, 3.05) is 11.9 Å². The lowest BCUT2D eigenvalue weighted by molar-refractivity contribution is -0.119. The highest BCUT2D eigenvalue weighted by Gasteiger charge is 2.13. The van der Waals surface area contributed by atoms with Crippen molar-refractivity contribution in [3.05, 3.63) is 95.1 Å². The van der Waals surface area contributed by atoms with Crippen LogP contribution < -0.4 is 10.1 Å².